The first-order valence-corrected chi connectivity index (χ1v) is 7.37. The molecule has 1 fully saturated rings. The maximum Gasteiger partial charge on any atom is 0.335 e. The average Bonchev–Trinajstić information content (AvgIpc) is 2.27. The average molecular weight is 339 g/mol. The monoisotopic (exact) mass is 339 g/mol. The van der Waals surface area contributed by atoms with Crippen LogP contribution in [0.25, 0.3) is 0 Å². The van der Waals surface area contributed by atoms with E-state index in [4.69, 9.17) is 4.55 Å². The van der Waals surface area contributed by atoms with Crippen molar-refractivity contribution in [3.63, 3.8) is 0 Å². The second-order valence-corrected chi connectivity index (χ2v) is 5.60. The molecule has 0 bridgehead atoms. The zero-order valence-electron chi connectivity index (χ0n) is 9.60. The van der Waals surface area contributed by atoms with E-state index in [-0.39, 0.29) is 0 Å². The van der Waals surface area contributed by atoms with Crippen molar-refractivity contribution >= 4 is 21.7 Å². The Bertz CT molecular complexity index is 468. The van der Waals surface area contributed by atoms with Gasteiger partial charge in [0.15, 0.2) is 0 Å². The lowest BCUT2D eigenvalue weighted by molar-refractivity contribution is -0.376. The molecule has 0 amide bonds. The maximum absolute atomic E-state index is 10.6. The van der Waals surface area contributed by atoms with E-state index in [0.717, 1.165) is 0 Å². The van der Waals surface area contributed by atoms with Gasteiger partial charge in [-0.15, -0.1) is 0 Å². The second-order valence-electron chi connectivity index (χ2n) is 3.79. The van der Waals surface area contributed by atoms with E-state index in [0.29, 0.717) is 0 Å². The molecule has 20 heavy (non-hydrogen) atoms. The van der Waals surface area contributed by atoms with Crippen LogP contribution in [-0.2, 0) is 34.8 Å². The van der Waals surface area contributed by atoms with Crippen molar-refractivity contribution in [2.75, 3.05) is 6.61 Å². The third kappa shape index (κ3) is 4.12. The summed E-state index contributed by atoms with van der Waals surface area (Å²) in [6.45, 7) is -0.758. The van der Waals surface area contributed by atoms with Crippen LogP contribution < -0.4 is 5.14 Å². The van der Waals surface area contributed by atoms with E-state index >= 15 is 0 Å². The highest BCUT2D eigenvalue weighted by atomic mass is 32.2. The molecule has 12 nitrogen and oxygen atoms in total. The lowest BCUT2D eigenvalue weighted by atomic mass is 9.96. The summed E-state index contributed by atoms with van der Waals surface area (Å²) in [6.07, 6.45) is -8.47. The van der Waals surface area contributed by atoms with E-state index in [1.54, 1.807) is 0 Å². The molecule has 0 radical (unpaired) electrons. The van der Waals surface area contributed by atoms with Crippen LogP contribution >= 0.6 is 0 Å². The fraction of sp³-hybridized carbons (Fsp3) is 1.00. The molecule has 120 valence electrons. The lowest BCUT2D eigenvalue weighted by Crippen LogP contribution is -2.67. The predicted molar refractivity (Wildman–Crippen MR) is 58.8 cm³/mol. The molecule has 6 atom stereocenters. The van der Waals surface area contributed by atoms with E-state index < -0.39 is 58.7 Å². The van der Waals surface area contributed by atoms with Crippen LogP contribution in [0.5, 0.6) is 0 Å². The van der Waals surface area contributed by atoms with Crippen molar-refractivity contribution in [1.29, 1.82) is 0 Å². The van der Waals surface area contributed by atoms with Gasteiger partial charge in [0.2, 0.25) is 12.1 Å². The van der Waals surface area contributed by atoms with Crippen LogP contribution in [0.2, 0.25) is 0 Å². The largest absolute Gasteiger partial charge is 0.387 e. The SMILES string of the molecule is NS(=O)(=O)OC(O)[C@]1(O)OC[C@H](OS(=O)O)[C@H](O)[C@H]1O. The minimum Gasteiger partial charge on any atom is -0.387 e. The molecule has 0 spiro atoms. The van der Waals surface area contributed by atoms with Crippen molar-refractivity contribution in [3.05, 3.63) is 0 Å². The van der Waals surface area contributed by atoms with Gasteiger partial charge in [-0.3, -0.25) is 8.74 Å². The van der Waals surface area contributed by atoms with Crippen LogP contribution in [0.1, 0.15) is 0 Å². The van der Waals surface area contributed by atoms with E-state index in [1.807, 2.05) is 0 Å². The van der Waals surface area contributed by atoms with Crippen LogP contribution in [0.3, 0.4) is 0 Å². The zero-order valence-corrected chi connectivity index (χ0v) is 11.2. The number of rotatable bonds is 5. The molecule has 1 rings (SSSR count). The molecule has 7 N–H and O–H groups in total. The molecule has 0 saturated carbocycles. The summed E-state index contributed by atoms with van der Waals surface area (Å²) in [5.74, 6) is -3.04. The summed E-state index contributed by atoms with van der Waals surface area (Å²) in [6, 6.07) is 0. The van der Waals surface area contributed by atoms with Gasteiger partial charge in [-0.2, -0.15) is 12.6 Å². The molecule has 1 saturated heterocycles. The van der Waals surface area contributed by atoms with Gasteiger partial charge < -0.3 is 25.2 Å². The molecule has 0 aromatic heterocycles. The van der Waals surface area contributed by atoms with Crippen molar-refractivity contribution in [3.8, 4) is 0 Å². The zero-order chi connectivity index (χ0) is 15.7. The fourth-order valence-corrected chi connectivity index (χ4v) is 2.22. The van der Waals surface area contributed by atoms with Crippen LogP contribution in [-0.4, -0.2) is 74.6 Å². The predicted octanol–water partition coefficient (Wildman–Crippen LogP) is -4.51. The van der Waals surface area contributed by atoms with Gasteiger partial charge in [-0.1, -0.05) is 0 Å². The first-order valence-electron chi connectivity index (χ1n) is 4.87. The molecule has 0 aromatic rings. The minimum atomic E-state index is -4.69. The summed E-state index contributed by atoms with van der Waals surface area (Å²) in [7, 11) is -4.69. The first-order chi connectivity index (χ1) is 8.97. The van der Waals surface area contributed by atoms with Crippen molar-refractivity contribution < 1.29 is 50.7 Å². The Morgan fingerprint density at radius 1 is 1.45 bits per heavy atom. The molecule has 0 aliphatic carbocycles. The fourth-order valence-electron chi connectivity index (χ4n) is 1.45. The number of hydrogen-bond acceptors (Lipinski definition) is 10. The van der Waals surface area contributed by atoms with Crippen molar-refractivity contribution in [1.82, 2.24) is 0 Å². The van der Waals surface area contributed by atoms with Gasteiger partial charge in [0.1, 0.15) is 18.3 Å². The first kappa shape index (κ1) is 17.8. The molecule has 0 aromatic carbocycles. The Balaban J connectivity index is 2.86. The number of nitrogens with two attached hydrogens (primary N) is 1. The highest BCUT2D eigenvalue weighted by Gasteiger charge is 2.55. The summed E-state index contributed by atoms with van der Waals surface area (Å²) in [5.41, 5.74) is 0. The van der Waals surface area contributed by atoms with Crippen LogP contribution in [0.4, 0.5) is 0 Å². The quantitative estimate of drug-likeness (QED) is 0.208. The summed E-state index contributed by atoms with van der Waals surface area (Å²) in [5, 5.41) is 42.7. The van der Waals surface area contributed by atoms with Crippen LogP contribution in [0, 0.1) is 0 Å². The number of aliphatic hydroxyl groups is 4. The summed E-state index contributed by atoms with van der Waals surface area (Å²) < 4.78 is 52.7. The van der Waals surface area contributed by atoms with Gasteiger partial charge >= 0.3 is 21.7 Å². The minimum absolute atomic E-state index is 0.758. The number of hydrogen-bond donors (Lipinski definition) is 6. The van der Waals surface area contributed by atoms with Gasteiger partial charge in [0, 0.05) is 0 Å². The number of aliphatic hydroxyl groups excluding tert-OH is 3. The third-order valence-corrected chi connectivity index (χ3v) is 3.25. The Labute approximate surface area is 115 Å². The molecule has 1 aliphatic heterocycles. The normalized spacial score (nSPS) is 38.4. The second kappa shape index (κ2) is 6.24. The van der Waals surface area contributed by atoms with Gasteiger partial charge in [0.05, 0.1) is 6.61 Å². The van der Waals surface area contributed by atoms with Gasteiger partial charge in [-0.25, -0.2) is 9.32 Å². The Kier molecular flexibility index (Phi) is 5.55. The van der Waals surface area contributed by atoms with Crippen molar-refractivity contribution in [2.45, 2.75) is 30.4 Å². The Morgan fingerprint density at radius 3 is 2.45 bits per heavy atom. The highest BCUT2D eigenvalue weighted by molar-refractivity contribution is 7.84. The summed E-state index contributed by atoms with van der Waals surface area (Å²) >= 11 is -2.79. The molecule has 1 aliphatic rings. The molecular weight excluding hydrogens is 326 g/mol. The van der Waals surface area contributed by atoms with E-state index in [9.17, 15) is 33.1 Å². The van der Waals surface area contributed by atoms with Crippen molar-refractivity contribution in [2.24, 2.45) is 5.14 Å². The standard InChI is InChI=1S/C6H13NO11S2/c7-20(14,15)18-5(10)6(11)4(9)3(8)2(1-16-6)17-19(12)13/h2-5,8-11H,1H2,(H,12,13)(H2,7,14,15)/t2-,3-,4+,5?,6+/m0/s1. The van der Waals surface area contributed by atoms with Crippen LogP contribution in [0.15, 0.2) is 0 Å². The lowest BCUT2D eigenvalue weighted by Gasteiger charge is -2.43. The summed E-state index contributed by atoms with van der Waals surface area (Å²) in [4.78, 5) is 0. The van der Waals surface area contributed by atoms with E-state index in [2.05, 4.69) is 18.2 Å². The molecular formula is C6H13NO11S2. The molecule has 14 heteroatoms. The molecule has 1 heterocycles. The third-order valence-electron chi connectivity index (χ3n) is 2.39. The topological polar surface area (TPSA) is 206 Å². The Morgan fingerprint density at radius 2 is 2.00 bits per heavy atom. The van der Waals surface area contributed by atoms with Gasteiger partial charge in [0.25, 0.3) is 0 Å². The van der Waals surface area contributed by atoms with E-state index in [1.165, 1.54) is 0 Å². The molecule has 2 unspecified atom stereocenters. The van der Waals surface area contributed by atoms with Gasteiger partial charge in [-0.05, 0) is 0 Å². The Hall–Kier alpha value is -0.260. The smallest absolute Gasteiger partial charge is 0.335 e. The highest BCUT2D eigenvalue weighted by Crippen LogP contribution is 2.29. The number of ether oxygens (including phenoxy) is 1. The maximum atomic E-state index is 10.6.